The first-order valence-corrected chi connectivity index (χ1v) is 8.78. The summed E-state index contributed by atoms with van der Waals surface area (Å²) in [5.41, 5.74) is 4.05. The van der Waals surface area contributed by atoms with Gasteiger partial charge < -0.3 is 4.57 Å². The summed E-state index contributed by atoms with van der Waals surface area (Å²) in [5.74, 6) is 0.295. The van der Waals surface area contributed by atoms with Crippen molar-refractivity contribution in [2.75, 3.05) is 0 Å². The van der Waals surface area contributed by atoms with Crippen LogP contribution in [0.2, 0.25) is 0 Å². The lowest BCUT2D eigenvalue weighted by Gasteiger charge is -2.25. The molecule has 1 N–H and O–H groups in total. The van der Waals surface area contributed by atoms with Crippen molar-refractivity contribution >= 4 is 16.8 Å². The number of aryl methyl sites for hydroxylation is 1. The molecular weight excluding hydrogens is 292 g/mol. The Morgan fingerprint density at radius 1 is 1.32 bits per heavy atom. The Morgan fingerprint density at radius 3 is 2.82 bits per heavy atom. The number of allylic oxidation sites excluding steroid dienone is 3. The molecule has 1 fully saturated rings. The molecule has 0 aromatic carbocycles. The Morgan fingerprint density at radius 2 is 2.09 bits per heavy atom. The summed E-state index contributed by atoms with van der Waals surface area (Å²) in [5, 5.41) is 9.22. The van der Waals surface area contributed by atoms with Gasteiger partial charge in [-0.15, -0.1) is 11.8 Å². The fourth-order valence-corrected chi connectivity index (χ4v) is 4.77. The third kappa shape index (κ3) is 2.84. The van der Waals surface area contributed by atoms with Gasteiger partial charge in [0.25, 0.3) is 0 Å². The van der Waals surface area contributed by atoms with E-state index in [1.165, 1.54) is 16.7 Å². The zero-order valence-corrected chi connectivity index (χ0v) is 14.0. The number of nitrogens with zero attached hydrogens (tertiary/aromatic N) is 1. The zero-order chi connectivity index (χ0) is 15.7. The molecule has 116 valence electrons. The fourth-order valence-electron chi connectivity index (χ4n) is 3.39. The van der Waals surface area contributed by atoms with Crippen molar-refractivity contribution in [3.8, 4) is 0 Å². The minimum atomic E-state index is 0.0204. The number of aromatic nitrogens is 1. The first kappa shape index (κ1) is 15.3. The van der Waals surface area contributed by atoms with E-state index < -0.39 is 0 Å². The highest BCUT2D eigenvalue weighted by molar-refractivity contribution is 8.14. The molecule has 0 saturated carbocycles. The van der Waals surface area contributed by atoms with Crippen LogP contribution in [0.3, 0.4) is 0 Å². The van der Waals surface area contributed by atoms with Crippen molar-refractivity contribution in [1.29, 1.82) is 5.41 Å². The highest BCUT2D eigenvalue weighted by Crippen LogP contribution is 2.47. The molecule has 2 unspecified atom stereocenters. The van der Waals surface area contributed by atoms with Gasteiger partial charge in [0.1, 0.15) is 0 Å². The van der Waals surface area contributed by atoms with Crippen LogP contribution >= 0.6 is 11.8 Å². The highest BCUT2D eigenvalue weighted by atomic mass is 32.2. The van der Waals surface area contributed by atoms with E-state index in [0.29, 0.717) is 11.2 Å². The van der Waals surface area contributed by atoms with Crippen LogP contribution in [0.4, 0.5) is 0 Å². The van der Waals surface area contributed by atoms with Crippen LogP contribution in [0, 0.1) is 5.41 Å². The summed E-state index contributed by atoms with van der Waals surface area (Å²) in [6, 6.07) is 3.59. The van der Waals surface area contributed by atoms with Crippen LogP contribution in [-0.2, 0) is 7.05 Å². The Bertz CT molecular complexity index is 714. The highest BCUT2D eigenvalue weighted by Gasteiger charge is 2.36. The van der Waals surface area contributed by atoms with E-state index in [2.05, 4.69) is 19.1 Å². The maximum atomic E-state index is 11.6. The number of thioether (sulfide) groups is 1. The molecule has 1 aliphatic carbocycles. The summed E-state index contributed by atoms with van der Waals surface area (Å²) >= 11 is 1.69. The summed E-state index contributed by atoms with van der Waals surface area (Å²) in [7, 11) is 1.80. The number of rotatable bonds is 3. The predicted molar refractivity (Wildman–Crippen MR) is 93.8 cm³/mol. The van der Waals surface area contributed by atoms with Gasteiger partial charge in [-0.2, -0.15) is 0 Å². The van der Waals surface area contributed by atoms with Gasteiger partial charge in [-0.05, 0) is 36.0 Å². The predicted octanol–water partition coefficient (Wildman–Crippen LogP) is 4.01. The largest absolute Gasteiger partial charge is 0.318 e. The van der Waals surface area contributed by atoms with Crippen molar-refractivity contribution in [3.63, 3.8) is 0 Å². The van der Waals surface area contributed by atoms with Crippen LogP contribution in [0.15, 0.2) is 46.4 Å². The van der Waals surface area contributed by atoms with Crippen molar-refractivity contribution < 1.29 is 0 Å². The molecule has 1 aromatic heterocycles. The molecule has 0 spiro atoms. The van der Waals surface area contributed by atoms with Gasteiger partial charge in [-0.3, -0.25) is 10.2 Å². The standard InChI is InChI=1S/C18H22N2OS/c1-3-12-6-4-5-7-14(12)18-15(10-16(19)22-18)13-8-9-17(21)20(2)11-13/h6-9,11,15,18-19H,3-5,10H2,1-2H3. The fraction of sp³-hybridized carbons (Fsp3) is 0.444. The monoisotopic (exact) mass is 314 g/mol. The van der Waals surface area contributed by atoms with Crippen LogP contribution in [-0.4, -0.2) is 14.9 Å². The number of pyridine rings is 1. The van der Waals surface area contributed by atoms with Gasteiger partial charge in [0.15, 0.2) is 0 Å². The maximum Gasteiger partial charge on any atom is 0.250 e. The number of hydrogen-bond acceptors (Lipinski definition) is 3. The van der Waals surface area contributed by atoms with Crippen LogP contribution < -0.4 is 5.56 Å². The van der Waals surface area contributed by atoms with Crippen LogP contribution in [0.25, 0.3) is 0 Å². The van der Waals surface area contributed by atoms with Gasteiger partial charge in [0.2, 0.25) is 5.56 Å². The molecular formula is C18H22N2OS. The van der Waals surface area contributed by atoms with Gasteiger partial charge in [0.05, 0.1) is 5.04 Å². The Balaban J connectivity index is 1.97. The molecule has 1 aliphatic heterocycles. The minimum absolute atomic E-state index is 0.0204. The van der Waals surface area contributed by atoms with Crippen LogP contribution in [0.5, 0.6) is 0 Å². The van der Waals surface area contributed by atoms with Gasteiger partial charge in [0, 0.05) is 36.9 Å². The van der Waals surface area contributed by atoms with Crippen molar-refractivity contribution in [3.05, 3.63) is 57.5 Å². The quantitative estimate of drug-likeness (QED) is 0.916. The molecule has 0 radical (unpaired) electrons. The molecule has 1 aromatic rings. The van der Waals surface area contributed by atoms with E-state index in [1.54, 1.807) is 29.4 Å². The molecule has 2 heterocycles. The van der Waals surface area contributed by atoms with Crippen molar-refractivity contribution in [2.45, 2.75) is 43.8 Å². The maximum absolute atomic E-state index is 11.6. The molecule has 3 nitrogen and oxygen atoms in total. The minimum Gasteiger partial charge on any atom is -0.318 e. The molecule has 0 amide bonds. The van der Waals surface area contributed by atoms with Crippen molar-refractivity contribution in [1.82, 2.24) is 4.57 Å². The first-order chi connectivity index (χ1) is 10.6. The first-order valence-electron chi connectivity index (χ1n) is 7.90. The second-order valence-electron chi connectivity index (χ2n) is 6.00. The topological polar surface area (TPSA) is 45.9 Å². The molecule has 22 heavy (non-hydrogen) atoms. The average molecular weight is 314 g/mol. The summed E-state index contributed by atoms with van der Waals surface area (Å²) in [6.07, 6.45) is 10.7. The van der Waals surface area contributed by atoms with E-state index >= 15 is 0 Å². The Kier molecular flexibility index (Phi) is 4.39. The zero-order valence-electron chi connectivity index (χ0n) is 13.1. The Hall–Kier alpha value is -1.55. The molecule has 0 bridgehead atoms. The lowest BCUT2D eigenvalue weighted by atomic mass is 9.84. The molecule has 2 aliphatic rings. The molecule has 3 rings (SSSR count). The van der Waals surface area contributed by atoms with E-state index in [-0.39, 0.29) is 5.56 Å². The lowest BCUT2D eigenvalue weighted by molar-refractivity contribution is 0.713. The smallest absolute Gasteiger partial charge is 0.250 e. The van der Waals surface area contributed by atoms with Gasteiger partial charge in [-0.25, -0.2) is 0 Å². The average Bonchev–Trinajstić information content (AvgIpc) is 2.91. The Labute approximate surface area is 135 Å². The van der Waals surface area contributed by atoms with Gasteiger partial charge >= 0.3 is 0 Å². The SMILES string of the molecule is CCC1=CCCC=C1C1SC(=N)CC1c1ccc(=O)n(C)c1. The second-order valence-corrected chi connectivity index (χ2v) is 7.24. The number of nitrogens with one attached hydrogen (secondary N) is 1. The normalized spacial score (nSPS) is 25.1. The molecule has 1 saturated heterocycles. The van der Waals surface area contributed by atoms with Crippen molar-refractivity contribution in [2.24, 2.45) is 7.05 Å². The molecule has 4 heteroatoms. The summed E-state index contributed by atoms with van der Waals surface area (Å²) in [4.78, 5) is 11.6. The van der Waals surface area contributed by atoms with E-state index in [1.807, 2.05) is 12.3 Å². The third-order valence-electron chi connectivity index (χ3n) is 4.56. The number of hydrogen-bond donors (Lipinski definition) is 1. The van der Waals surface area contributed by atoms with Crippen LogP contribution in [0.1, 0.15) is 44.1 Å². The van der Waals surface area contributed by atoms with E-state index in [0.717, 1.165) is 30.7 Å². The third-order valence-corrected chi connectivity index (χ3v) is 5.84. The summed E-state index contributed by atoms with van der Waals surface area (Å²) in [6.45, 7) is 2.21. The van der Waals surface area contributed by atoms with E-state index in [9.17, 15) is 4.79 Å². The second kappa shape index (κ2) is 6.29. The lowest BCUT2D eigenvalue weighted by Crippen LogP contribution is -2.20. The summed E-state index contributed by atoms with van der Waals surface area (Å²) < 4.78 is 1.64. The van der Waals surface area contributed by atoms with Gasteiger partial charge in [-0.1, -0.05) is 25.1 Å². The van der Waals surface area contributed by atoms with E-state index in [4.69, 9.17) is 5.41 Å². The molecule has 2 atom stereocenters.